The highest BCUT2D eigenvalue weighted by molar-refractivity contribution is 7.09. The number of thiazole rings is 1. The second-order valence-corrected chi connectivity index (χ2v) is 11.2. The van der Waals surface area contributed by atoms with E-state index in [9.17, 15) is 22.8 Å². The number of benzene rings is 1. The number of rotatable bonds is 4. The zero-order valence-corrected chi connectivity index (χ0v) is 21.7. The number of amides is 2. The Morgan fingerprint density at radius 2 is 1.59 bits per heavy atom. The maximum absolute atomic E-state index is 13.1. The summed E-state index contributed by atoms with van der Waals surface area (Å²) >= 11 is 1.51. The predicted molar refractivity (Wildman–Crippen MR) is 137 cm³/mol. The fourth-order valence-corrected chi connectivity index (χ4v) is 6.70. The van der Waals surface area contributed by atoms with Crippen LogP contribution >= 0.6 is 11.3 Å². The number of aromatic nitrogens is 1. The minimum Gasteiger partial charge on any atom is -0.368 e. The number of piperazine rings is 1. The lowest BCUT2D eigenvalue weighted by Crippen LogP contribution is -2.49. The van der Waals surface area contributed by atoms with Crippen LogP contribution in [0, 0.1) is 5.92 Å². The molecule has 1 aliphatic carbocycles. The summed E-state index contributed by atoms with van der Waals surface area (Å²) in [7, 11) is 0. The first kappa shape index (κ1) is 26.0. The quantitative estimate of drug-likeness (QED) is 0.526. The molecule has 0 spiro atoms. The van der Waals surface area contributed by atoms with Crippen molar-refractivity contribution in [1.29, 1.82) is 0 Å². The van der Waals surface area contributed by atoms with Crippen LogP contribution in [-0.2, 0) is 11.0 Å². The van der Waals surface area contributed by atoms with Crippen LogP contribution in [0.1, 0.15) is 71.9 Å². The van der Waals surface area contributed by atoms with E-state index in [1.165, 1.54) is 23.8 Å². The van der Waals surface area contributed by atoms with Crippen molar-refractivity contribution in [3.8, 4) is 0 Å². The number of nitrogens with zero attached hydrogens (tertiary/aromatic N) is 4. The fourth-order valence-electron chi connectivity index (χ4n) is 5.74. The molecule has 0 N–H and O–H groups in total. The van der Waals surface area contributed by atoms with E-state index < -0.39 is 11.7 Å². The summed E-state index contributed by atoms with van der Waals surface area (Å²) in [5.74, 6) is 0.650. The van der Waals surface area contributed by atoms with Gasteiger partial charge >= 0.3 is 6.18 Å². The average molecular weight is 535 g/mol. The second kappa shape index (κ2) is 11.0. The Morgan fingerprint density at radius 3 is 2.27 bits per heavy atom. The van der Waals surface area contributed by atoms with Crippen LogP contribution in [0.2, 0.25) is 0 Å². The fraction of sp³-hybridized carbons (Fsp3) is 0.593. The van der Waals surface area contributed by atoms with Crippen molar-refractivity contribution < 1.29 is 22.8 Å². The zero-order chi connectivity index (χ0) is 26.0. The third-order valence-electron chi connectivity index (χ3n) is 7.96. The number of hydrogen-bond acceptors (Lipinski definition) is 5. The van der Waals surface area contributed by atoms with Crippen molar-refractivity contribution in [2.75, 3.05) is 44.2 Å². The molecule has 37 heavy (non-hydrogen) atoms. The number of likely N-dealkylation sites (tertiary alicyclic amines) is 1. The van der Waals surface area contributed by atoms with E-state index in [0.717, 1.165) is 68.8 Å². The van der Waals surface area contributed by atoms with Gasteiger partial charge in [-0.25, -0.2) is 4.98 Å². The first-order valence-electron chi connectivity index (χ1n) is 13.3. The highest BCUT2D eigenvalue weighted by Crippen LogP contribution is 2.34. The van der Waals surface area contributed by atoms with Gasteiger partial charge in [-0.1, -0.05) is 25.3 Å². The molecular weight excluding hydrogens is 501 g/mol. The zero-order valence-electron chi connectivity index (χ0n) is 20.9. The molecule has 3 aliphatic rings. The monoisotopic (exact) mass is 534 g/mol. The molecule has 0 bridgehead atoms. The normalized spacial score (nSPS) is 20.4. The van der Waals surface area contributed by atoms with Crippen LogP contribution in [0.25, 0.3) is 0 Å². The molecule has 0 unspecified atom stereocenters. The Balaban J connectivity index is 1.13. The van der Waals surface area contributed by atoms with Crippen molar-refractivity contribution in [3.05, 3.63) is 45.9 Å². The van der Waals surface area contributed by atoms with Crippen LogP contribution in [0.5, 0.6) is 0 Å². The van der Waals surface area contributed by atoms with E-state index in [4.69, 9.17) is 0 Å². The molecule has 2 aromatic rings. The first-order chi connectivity index (χ1) is 17.8. The van der Waals surface area contributed by atoms with E-state index >= 15 is 0 Å². The number of halogens is 3. The van der Waals surface area contributed by atoms with Crippen LogP contribution in [-0.4, -0.2) is 65.9 Å². The van der Waals surface area contributed by atoms with Gasteiger partial charge in [0.1, 0.15) is 5.69 Å². The molecule has 0 radical (unpaired) electrons. The molecule has 1 aromatic heterocycles. The molecule has 3 fully saturated rings. The molecule has 6 nitrogen and oxygen atoms in total. The SMILES string of the molecule is O=C(c1csc(C2CCN(C(=O)C3CCCCC3)CC2)n1)N1CCN(c2cccc(C(F)(F)F)c2)CC1. The van der Waals surface area contributed by atoms with Gasteiger partial charge in [0.25, 0.3) is 5.91 Å². The lowest BCUT2D eigenvalue weighted by molar-refractivity contribution is -0.138. The van der Waals surface area contributed by atoms with Gasteiger partial charge in [-0.15, -0.1) is 11.3 Å². The van der Waals surface area contributed by atoms with Gasteiger partial charge in [-0.05, 0) is 43.9 Å². The Hall–Kier alpha value is -2.62. The molecule has 2 saturated heterocycles. The van der Waals surface area contributed by atoms with E-state index in [0.29, 0.717) is 43.5 Å². The molecule has 5 rings (SSSR count). The molecule has 2 amide bonds. The van der Waals surface area contributed by atoms with Gasteiger partial charge in [-0.3, -0.25) is 9.59 Å². The molecule has 3 heterocycles. The van der Waals surface area contributed by atoms with Crippen molar-refractivity contribution in [2.24, 2.45) is 5.92 Å². The average Bonchev–Trinajstić information content (AvgIpc) is 3.43. The smallest absolute Gasteiger partial charge is 0.368 e. The minimum absolute atomic E-state index is 0.129. The third-order valence-corrected chi connectivity index (χ3v) is 8.96. The van der Waals surface area contributed by atoms with Gasteiger partial charge in [0.15, 0.2) is 0 Å². The molecule has 1 aromatic carbocycles. The highest BCUT2D eigenvalue weighted by Gasteiger charge is 2.33. The van der Waals surface area contributed by atoms with Crippen LogP contribution in [0.3, 0.4) is 0 Å². The number of alkyl halides is 3. The van der Waals surface area contributed by atoms with Crippen molar-refractivity contribution in [2.45, 2.75) is 57.0 Å². The Morgan fingerprint density at radius 1 is 0.892 bits per heavy atom. The van der Waals surface area contributed by atoms with Crippen LogP contribution < -0.4 is 4.90 Å². The topological polar surface area (TPSA) is 56.8 Å². The van der Waals surface area contributed by atoms with E-state index in [1.807, 2.05) is 15.2 Å². The lowest BCUT2D eigenvalue weighted by atomic mass is 9.87. The van der Waals surface area contributed by atoms with Crippen molar-refractivity contribution in [3.63, 3.8) is 0 Å². The summed E-state index contributed by atoms with van der Waals surface area (Å²) in [6.45, 7) is 3.31. The molecule has 2 aliphatic heterocycles. The molecule has 0 atom stereocenters. The number of carbonyl (C=O) groups is 2. The maximum Gasteiger partial charge on any atom is 0.416 e. The van der Waals surface area contributed by atoms with Gasteiger partial charge in [0.2, 0.25) is 5.91 Å². The maximum atomic E-state index is 13.1. The summed E-state index contributed by atoms with van der Waals surface area (Å²) in [6.07, 6.45) is 2.95. The summed E-state index contributed by atoms with van der Waals surface area (Å²) in [5.41, 5.74) is 0.294. The highest BCUT2D eigenvalue weighted by atomic mass is 32.1. The molecule has 1 saturated carbocycles. The second-order valence-electron chi connectivity index (χ2n) is 10.3. The van der Waals surface area contributed by atoms with Gasteiger partial charge in [0.05, 0.1) is 10.6 Å². The summed E-state index contributed by atoms with van der Waals surface area (Å²) in [5, 5.41) is 2.77. The lowest BCUT2D eigenvalue weighted by Gasteiger charge is -2.36. The van der Waals surface area contributed by atoms with Gasteiger partial charge < -0.3 is 14.7 Å². The van der Waals surface area contributed by atoms with Crippen molar-refractivity contribution >= 4 is 28.8 Å². The number of carbonyl (C=O) groups excluding carboxylic acids is 2. The first-order valence-corrected chi connectivity index (χ1v) is 14.1. The molecule has 10 heteroatoms. The van der Waals surface area contributed by atoms with Gasteiger partial charge in [-0.2, -0.15) is 13.2 Å². The van der Waals surface area contributed by atoms with E-state index in [2.05, 4.69) is 4.98 Å². The largest absolute Gasteiger partial charge is 0.416 e. The summed E-state index contributed by atoms with van der Waals surface area (Å²) in [4.78, 5) is 36.2. The Labute approximate surface area is 219 Å². The van der Waals surface area contributed by atoms with Crippen LogP contribution in [0.15, 0.2) is 29.6 Å². The van der Waals surface area contributed by atoms with Crippen LogP contribution in [0.4, 0.5) is 18.9 Å². The van der Waals surface area contributed by atoms with Gasteiger partial charge in [0, 0.05) is 62.2 Å². The van der Waals surface area contributed by atoms with Crippen molar-refractivity contribution in [1.82, 2.24) is 14.8 Å². The van der Waals surface area contributed by atoms with E-state index in [-0.39, 0.29) is 17.7 Å². The predicted octanol–water partition coefficient (Wildman–Crippen LogP) is 5.41. The summed E-state index contributed by atoms with van der Waals surface area (Å²) < 4.78 is 39.2. The third kappa shape index (κ3) is 5.94. The summed E-state index contributed by atoms with van der Waals surface area (Å²) in [6, 6.07) is 5.33. The molecular formula is C27H33F3N4O2S. The number of piperidine rings is 1. The Bertz CT molecular complexity index is 1100. The molecule has 200 valence electrons. The Kier molecular flexibility index (Phi) is 7.74. The minimum atomic E-state index is -4.38. The standard InChI is InChI=1S/C27H33F3N4O2S/c28-27(29,30)21-7-4-8-22(17-21)32-13-15-34(16-14-32)26(36)23-18-37-24(31-23)19-9-11-33(12-10-19)25(35)20-5-2-1-3-6-20/h4,7-8,17-20H,1-3,5-6,9-16H2. The van der Waals surface area contributed by atoms with E-state index in [1.54, 1.807) is 11.0 Å². The number of hydrogen-bond donors (Lipinski definition) is 0. The number of anilines is 1.